The first-order valence-corrected chi connectivity index (χ1v) is 7.07. The molecule has 0 aromatic carbocycles. The lowest BCUT2D eigenvalue weighted by Gasteiger charge is -2.41. The first kappa shape index (κ1) is 17.3. The molecule has 20 heavy (non-hydrogen) atoms. The van der Waals surface area contributed by atoms with Crippen molar-refractivity contribution in [2.24, 2.45) is 5.73 Å². The molecule has 1 saturated heterocycles. The molecular formula is C13H26N2O5. The third kappa shape index (κ3) is 4.99. The molecule has 1 aliphatic rings. The summed E-state index contributed by atoms with van der Waals surface area (Å²) in [5.41, 5.74) is 5.41. The first-order chi connectivity index (χ1) is 9.47. The summed E-state index contributed by atoms with van der Waals surface area (Å²) < 4.78 is 11.1. The van der Waals surface area contributed by atoms with Gasteiger partial charge in [0.25, 0.3) is 0 Å². The minimum atomic E-state index is -1.11. The van der Waals surface area contributed by atoms with Crippen molar-refractivity contribution in [2.45, 2.75) is 63.8 Å². The standard InChI is InChI=1S/C13H26N2O5/c1-8-11(17)12(18)10(15-9(2)16)13(20-8)19-7-5-3-4-6-14/h8,10-13,17-18H,3-7,14H2,1-2H3,(H,15,16)/t8?,10-,11+,12?,13+/m0/s1. The van der Waals surface area contributed by atoms with Gasteiger partial charge in [-0.3, -0.25) is 4.79 Å². The van der Waals surface area contributed by atoms with Gasteiger partial charge in [0.1, 0.15) is 18.2 Å². The number of aliphatic hydroxyl groups excluding tert-OH is 2. The van der Waals surface area contributed by atoms with Crippen molar-refractivity contribution in [2.75, 3.05) is 13.2 Å². The number of aliphatic hydroxyl groups is 2. The predicted octanol–water partition coefficient (Wildman–Crippen LogP) is -0.897. The number of unbranched alkanes of at least 4 members (excludes halogenated alkanes) is 2. The van der Waals surface area contributed by atoms with E-state index in [0.29, 0.717) is 13.2 Å². The SMILES string of the molecule is CC(=O)N[C@H]1C(O)[C@H](O)C(C)O[C@H]1OCCCCCN. The summed E-state index contributed by atoms with van der Waals surface area (Å²) >= 11 is 0. The topological polar surface area (TPSA) is 114 Å². The summed E-state index contributed by atoms with van der Waals surface area (Å²) in [5, 5.41) is 22.4. The third-order valence-corrected chi connectivity index (χ3v) is 3.34. The Morgan fingerprint density at radius 3 is 2.60 bits per heavy atom. The molecule has 5 atom stereocenters. The maximum atomic E-state index is 11.2. The van der Waals surface area contributed by atoms with Crippen molar-refractivity contribution in [3.63, 3.8) is 0 Å². The van der Waals surface area contributed by atoms with Gasteiger partial charge in [-0.15, -0.1) is 0 Å². The summed E-state index contributed by atoms with van der Waals surface area (Å²) in [6.07, 6.45) is -0.761. The van der Waals surface area contributed by atoms with Gasteiger partial charge in [0, 0.05) is 13.5 Å². The second-order valence-electron chi connectivity index (χ2n) is 5.14. The number of ether oxygens (including phenoxy) is 2. The molecule has 0 aliphatic carbocycles. The Kier molecular flexibility index (Phi) is 7.39. The van der Waals surface area contributed by atoms with Crippen LogP contribution in [-0.2, 0) is 14.3 Å². The fourth-order valence-electron chi connectivity index (χ4n) is 2.18. The van der Waals surface area contributed by atoms with Crippen LogP contribution in [0.4, 0.5) is 0 Å². The van der Waals surface area contributed by atoms with Crippen molar-refractivity contribution in [1.82, 2.24) is 5.32 Å². The predicted molar refractivity (Wildman–Crippen MR) is 72.8 cm³/mol. The number of nitrogens with one attached hydrogen (secondary N) is 1. The Morgan fingerprint density at radius 1 is 1.30 bits per heavy atom. The van der Waals surface area contributed by atoms with E-state index in [4.69, 9.17) is 15.2 Å². The highest BCUT2D eigenvalue weighted by Gasteiger charge is 2.43. The second-order valence-corrected chi connectivity index (χ2v) is 5.14. The quantitative estimate of drug-likeness (QED) is 0.452. The van der Waals surface area contributed by atoms with Crippen molar-refractivity contribution in [3.8, 4) is 0 Å². The number of rotatable bonds is 7. The Morgan fingerprint density at radius 2 is 2.00 bits per heavy atom. The van der Waals surface area contributed by atoms with Crippen LogP contribution in [-0.4, -0.2) is 59.9 Å². The summed E-state index contributed by atoms with van der Waals surface area (Å²) in [6, 6.07) is -0.770. The summed E-state index contributed by atoms with van der Waals surface area (Å²) in [7, 11) is 0. The molecule has 0 radical (unpaired) electrons. The molecule has 118 valence electrons. The second kappa shape index (κ2) is 8.53. The van der Waals surface area contributed by atoms with Crippen molar-refractivity contribution < 1.29 is 24.5 Å². The van der Waals surface area contributed by atoms with Crippen LogP contribution in [0.2, 0.25) is 0 Å². The average molecular weight is 290 g/mol. The van der Waals surface area contributed by atoms with Gasteiger partial charge in [0.15, 0.2) is 6.29 Å². The summed E-state index contributed by atoms with van der Waals surface area (Å²) in [6.45, 7) is 4.10. The molecule has 0 saturated carbocycles. The molecule has 0 spiro atoms. The molecule has 5 N–H and O–H groups in total. The monoisotopic (exact) mass is 290 g/mol. The molecule has 1 rings (SSSR count). The van der Waals surface area contributed by atoms with Gasteiger partial charge >= 0.3 is 0 Å². The normalized spacial score (nSPS) is 34.0. The van der Waals surface area contributed by atoms with Crippen LogP contribution in [0, 0.1) is 0 Å². The van der Waals surface area contributed by atoms with Gasteiger partial charge in [-0.25, -0.2) is 0 Å². The van der Waals surface area contributed by atoms with E-state index < -0.39 is 30.6 Å². The maximum Gasteiger partial charge on any atom is 0.217 e. The van der Waals surface area contributed by atoms with Crippen molar-refractivity contribution >= 4 is 5.91 Å². The Hall–Kier alpha value is -0.730. The zero-order valence-electron chi connectivity index (χ0n) is 12.1. The number of hydrogen-bond acceptors (Lipinski definition) is 6. The molecule has 0 bridgehead atoms. The van der Waals surface area contributed by atoms with E-state index in [1.165, 1.54) is 6.92 Å². The molecule has 7 heteroatoms. The molecule has 2 unspecified atom stereocenters. The number of nitrogens with two attached hydrogens (primary N) is 1. The van der Waals surface area contributed by atoms with Crippen molar-refractivity contribution in [1.29, 1.82) is 0 Å². The first-order valence-electron chi connectivity index (χ1n) is 7.07. The van der Waals surface area contributed by atoms with Gasteiger partial charge < -0.3 is 30.7 Å². The number of carbonyl (C=O) groups excluding carboxylic acids is 1. The molecule has 0 aromatic rings. The Balaban J connectivity index is 2.52. The van der Waals surface area contributed by atoms with E-state index in [0.717, 1.165) is 19.3 Å². The summed E-state index contributed by atoms with van der Waals surface area (Å²) in [4.78, 5) is 11.2. The van der Waals surface area contributed by atoms with E-state index in [1.54, 1.807) is 6.92 Å². The van der Waals surface area contributed by atoms with Gasteiger partial charge in [0.05, 0.1) is 6.10 Å². The van der Waals surface area contributed by atoms with Crippen LogP contribution in [0.5, 0.6) is 0 Å². The van der Waals surface area contributed by atoms with Crippen molar-refractivity contribution in [3.05, 3.63) is 0 Å². The van der Waals surface area contributed by atoms with Gasteiger partial charge in [-0.05, 0) is 32.7 Å². The third-order valence-electron chi connectivity index (χ3n) is 3.34. The minimum absolute atomic E-state index is 0.309. The molecule has 1 aliphatic heterocycles. The zero-order valence-corrected chi connectivity index (χ0v) is 12.1. The Bertz CT molecular complexity index is 302. The van der Waals surface area contributed by atoms with E-state index in [1.807, 2.05) is 0 Å². The fraction of sp³-hybridized carbons (Fsp3) is 0.923. The van der Waals surface area contributed by atoms with E-state index in [9.17, 15) is 15.0 Å². The molecule has 1 fully saturated rings. The zero-order chi connectivity index (χ0) is 15.1. The van der Waals surface area contributed by atoms with Gasteiger partial charge in [-0.1, -0.05) is 0 Å². The molecule has 1 amide bonds. The minimum Gasteiger partial charge on any atom is -0.388 e. The number of carbonyl (C=O) groups is 1. The lowest BCUT2D eigenvalue weighted by Crippen LogP contribution is -2.63. The highest BCUT2D eigenvalue weighted by Crippen LogP contribution is 2.22. The summed E-state index contributed by atoms with van der Waals surface area (Å²) in [5.74, 6) is -0.309. The largest absolute Gasteiger partial charge is 0.388 e. The molecule has 0 aromatic heterocycles. The lowest BCUT2D eigenvalue weighted by atomic mass is 9.97. The molecular weight excluding hydrogens is 264 g/mol. The molecule has 7 nitrogen and oxygen atoms in total. The van der Waals surface area contributed by atoms with Crippen LogP contribution in [0.25, 0.3) is 0 Å². The van der Waals surface area contributed by atoms with Crippen LogP contribution >= 0.6 is 0 Å². The highest BCUT2D eigenvalue weighted by molar-refractivity contribution is 5.73. The van der Waals surface area contributed by atoms with Crippen LogP contribution < -0.4 is 11.1 Å². The van der Waals surface area contributed by atoms with E-state index in [-0.39, 0.29) is 5.91 Å². The molecule has 1 heterocycles. The van der Waals surface area contributed by atoms with Crippen LogP contribution in [0.1, 0.15) is 33.1 Å². The Labute approximate surface area is 119 Å². The number of amides is 1. The average Bonchev–Trinajstić information content (AvgIpc) is 2.40. The van der Waals surface area contributed by atoms with E-state index >= 15 is 0 Å². The lowest BCUT2D eigenvalue weighted by molar-refractivity contribution is -0.260. The smallest absolute Gasteiger partial charge is 0.217 e. The van der Waals surface area contributed by atoms with Gasteiger partial charge in [0.2, 0.25) is 5.91 Å². The van der Waals surface area contributed by atoms with Crippen LogP contribution in [0.3, 0.4) is 0 Å². The highest BCUT2D eigenvalue weighted by atomic mass is 16.7. The van der Waals surface area contributed by atoms with E-state index in [2.05, 4.69) is 5.32 Å². The fourth-order valence-corrected chi connectivity index (χ4v) is 2.18. The number of hydrogen-bond donors (Lipinski definition) is 4. The van der Waals surface area contributed by atoms with Gasteiger partial charge in [-0.2, -0.15) is 0 Å². The van der Waals surface area contributed by atoms with Crippen LogP contribution in [0.15, 0.2) is 0 Å². The maximum absolute atomic E-state index is 11.2.